The lowest BCUT2D eigenvalue weighted by Crippen LogP contribution is -2.09. The molecule has 0 saturated heterocycles. The highest BCUT2D eigenvalue weighted by atomic mass is 16.5. The molecule has 0 N–H and O–H groups in total. The van der Waals surface area contributed by atoms with E-state index in [1.54, 1.807) is 7.11 Å². The first-order valence-corrected chi connectivity index (χ1v) is 19.5. The van der Waals surface area contributed by atoms with Crippen LogP contribution in [0.25, 0.3) is 23.3 Å². The number of rotatable bonds is 12. The van der Waals surface area contributed by atoms with Gasteiger partial charge in [-0.05, 0) is 121 Å². The SMILES string of the molecule is COc1ccc(N(c2ccc(/C=C\C=C(c3ccc(C)cc3)c3ccc(C)cc3)cc2)c2ccc(/C=C\C=C(c3ccc(C)cc3)c3ccc(C)cc3)cc2)cc1. The van der Waals surface area contributed by atoms with Crippen LogP contribution >= 0.6 is 0 Å². The van der Waals surface area contributed by atoms with E-state index < -0.39 is 0 Å². The minimum atomic E-state index is 0.826. The van der Waals surface area contributed by atoms with Gasteiger partial charge in [0, 0.05) is 17.1 Å². The molecule has 0 atom stereocenters. The quantitative estimate of drug-likeness (QED) is 0.116. The number of hydrogen-bond donors (Lipinski definition) is 0. The third-order valence-electron chi connectivity index (χ3n) is 10.2. The molecule has 0 bridgehead atoms. The van der Waals surface area contributed by atoms with Crippen molar-refractivity contribution >= 4 is 40.4 Å². The topological polar surface area (TPSA) is 12.5 Å². The highest BCUT2D eigenvalue weighted by molar-refractivity contribution is 5.83. The summed E-state index contributed by atoms with van der Waals surface area (Å²) in [5.41, 5.74) is 17.6. The first kappa shape index (κ1) is 38.4. The molecule has 7 rings (SSSR count). The van der Waals surface area contributed by atoms with E-state index in [9.17, 15) is 0 Å². The first-order valence-electron chi connectivity index (χ1n) is 19.5. The van der Waals surface area contributed by atoms with Crippen molar-refractivity contribution in [1.82, 2.24) is 0 Å². The molecule has 57 heavy (non-hydrogen) atoms. The number of anilines is 3. The Morgan fingerprint density at radius 3 is 0.930 bits per heavy atom. The van der Waals surface area contributed by atoms with Crippen LogP contribution in [0.1, 0.15) is 55.6 Å². The lowest BCUT2D eigenvalue weighted by Gasteiger charge is -2.26. The Kier molecular flexibility index (Phi) is 12.2. The lowest BCUT2D eigenvalue weighted by atomic mass is 9.96. The number of ether oxygens (including phenoxy) is 1. The molecule has 0 aliphatic carbocycles. The van der Waals surface area contributed by atoms with Gasteiger partial charge in [0.1, 0.15) is 5.75 Å². The van der Waals surface area contributed by atoms with Gasteiger partial charge in [0.15, 0.2) is 0 Å². The fourth-order valence-corrected chi connectivity index (χ4v) is 6.81. The van der Waals surface area contributed by atoms with E-state index in [0.29, 0.717) is 0 Å². The Morgan fingerprint density at radius 1 is 0.368 bits per heavy atom. The van der Waals surface area contributed by atoms with Gasteiger partial charge in [0.25, 0.3) is 0 Å². The predicted octanol–water partition coefficient (Wildman–Crippen LogP) is 14.7. The van der Waals surface area contributed by atoms with Crippen molar-refractivity contribution in [2.24, 2.45) is 0 Å². The van der Waals surface area contributed by atoms with E-state index >= 15 is 0 Å². The van der Waals surface area contributed by atoms with Gasteiger partial charge in [0.05, 0.1) is 7.11 Å². The summed E-state index contributed by atoms with van der Waals surface area (Å²) in [6.07, 6.45) is 13.1. The first-order chi connectivity index (χ1) is 27.8. The summed E-state index contributed by atoms with van der Waals surface area (Å²) < 4.78 is 5.49. The maximum absolute atomic E-state index is 5.49. The molecule has 2 nitrogen and oxygen atoms in total. The van der Waals surface area contributed by atoms with Crippen LogP contribution in [0.4, 0.5) is 17.1 Å². The summed E-state index contributed by atoms with van der Waals surface area (Å²) in [5.74, 6) is 0.826. The number of allylic oxidation sites excluding steroid dienone is 4. The summed E-state index contributed by atoms with van der Waals surface area (Å²) in [5, 5.41) is 0. The zero-order chi connectivity index (χ0) is 39.6. The smallest absolute Gasteiger partial charge is 0.119 e. The van der Waals surface area contributed by atoms with Crippen LogP contribution in [0.2, 0.25) is 0 Å². The molecule has 0 radical (unpaired) electrons. The van der Waals surface area contributed by atoms with E-state index in [-0.39, 0.29) is 0 Å². The number of hydrogen-bond acceptors (Lipinski definition) is 2. The molecule has 280 valence electrons. The molecule has 0 aromatic heterocycles. The highest BCUT2D eigenvalue weighted by Crippen LogP contribution is 2.36. The molecule has 0 fully saturated rings. The Morgan fingerprint density at radius 2 is 0.649 bits per heavy atom. The molecule has 0 amide bonds. The molecule has 2 heteroatoms. The van der Waals surface area contributed by atoms with Crippen molar-refractivity contribution in [2.75, 3.05) is 12.0 Å². The second kappa shape index (κ2) is 18.2. The Bertz CT molecular complexity index is 2240. The molecule has 7 aromatic carbocycles. The fourth-order valence-electron chi connectivity index (χ4n) is 6.81. The van der Waals surface area contributed by atoms with Gasteiger partial charge in [-0.15, -0.1) is 0 Å². The highest BCUT2D eigenvalue weighted by Gasteiger charge is 2.13. The number of methoxy groups -OCH3 is 1. The lowest BCUT2D eigenvalue weighted by molar-refractivity contribution is 0.415. The molecule has 0 unspecified atom stereocenters. The van der Waals surface area contributed by atoms with Crippen LogP contribution < -0.4 is 9.64 Å². The third kappa shape index (κ3) is 9.86. The Balaban J connectivity index is 1.15. The molecular formula is C55H49NO. The summed E-state index contributed by atoms with van der Waals surface area (Å²) in [6, 6.07) is 60.7. The molecule has 7 aromatic rings. The van der Waals surface area contributed by atoms with Crippen LogP contribution in [0.3, 0.4) is 0 Å². The maximum atomic E-state index is 5.49. The van der Waals surface area contributed by atoms with Gasteiger partial charge >= 0.3 is 0 Å². The Labute approximate surface area is 339 Å². The van der Waals surface area contributed by atoms with Crippen LogP contribution in [0.15, 0.2) is 194 Å². The van der Waals surface area contributed by atoms with E-state index in [2.05, 4.69) is 227 Å². The molecule has 0 aliphatic rings. The largest absolute Gasteiger partial charge is 0.497 e. The third-order valence-corrected chi connectivity index (χ3v) is 10.2. The molecule has 0 heterocycles. The van der Waals surface area contributed by atoms with Gasteiger partial charge in [-0.25, -0.2) is 0 Å². The van der Waals surface area contributed by atoms with Crippen molar-refractivity contribution in [1.29, 1.82) is 0 Å². The van der Waals surface area contributed by atoms with Gasteiger partial charge in [-0.2, -0.15) is 0 Å². The molecule has 0 spiro atoms. The van der Waals surface area contributed by atoms with Crippen molar-refractivity contribution in [2.45, 2.75) is 27.7 Å². The number of nitrogens with zero attached hydrogens (tertiary/aromatic N) is 1. The van der Waals surface area contributed by atoms with Crippen molar-refractivity contribution in [3.63, 3.8) is 0 Å². The van der Waals surface area contributed by atoms with Crippen LogP contribution in [0, 0.1) is 27.7 Å². The van der Waals surface area contributed by atoms with E-state index in [1.165, 1.54) is 55.7 Å². The van der Waals surface area contributed by atoms with Crippen molar-refractivity contribution < 1.29 is 4.74 Å². The average Bonchev–Trinajstić information content (AvgIpc) is 3.24. The average molecular weight is 740 g/mol. The summed E-state index contributed by atoms with van der Waals surface area (Å²) in [6.45, 7) is 8.50. The van der Waals surface area contributed by atoms with Gasteiger partial charge < -0.3 is 9.64 Å². The van der Waals surface area contributed by atoms with E-state index in [1.807, 2.05) is 12.1 Å². The normalized spacial score (nSPS) is 11.1. The van der Waals surface area contributed by atoms with Gasteiger partial charge in [0.2, 0.25) is 0 Å². The van der Waals surface area contributed by atoms with E-state index in [0.717, 1.165) is 33.9 Å². The predicted molar refractivity (Wildman–Crippen MR) is 245 cm³/mol. The Hall–Kier alpha value is -6.90. The minimum absolute atomic E-state index is 0.826. The number of aryl methyl sites for hydroxylation is 4. The van der Waals surface area contributed by atoms with Crippen LogP contribution in [-0.2, 0) is 0 Å². The fraction of sp³-hybridized carbons (Fsp3) is 0.0909. The summed E-state index contributed by atoms with van der Waals surface area (Å²) >= 11 is 0. The monoisotopic (exact) mass is 739 g/mol. The van der Waals surface area contributed by atoms with Crippen molar-refractivity contribution in [3.05, 3.63) is 250 Å². The van der Waals surface area contributed by atoms with Crippen molar-refractivity contribution in [3.8, 4) is 5.75 Å². The standard InChI is InChI=1S/C55H49NO/c1-40-12-24-46(25-13-40)54(47-26-14-41(2)15-27-47)10-6-8-44-20-32-50(33-21-44)56(52-36-38-53(57-5)39-37-52)51-34-22-45(23-35-51)9-7-11-55(48-28-16-42(3)17-29-48)49-30-18-43(4)19-31-49/h6-39H,1-5H3/b8-6-,9-7-. The molecule has 0 aliphatic heterocycles. The summed E-state index contributed by atoms with van der Waals surface area (Å²) in [4.78, 5) is 2.28. The zero-order valence-electron chi connectivity index (χ0n) is 33.5. The second-order valence-corrected chi connectivity index (χ2v) is 14.6. The molecular weight excluding hydrogens is 691 g/mol. The summed E-state index contributed by atoms with van der Waals surface area (Å²) in [7, 11) is 1.70. The van der Waals surface area contributed by atoms with Gasteiger partial charge in [-0.3, -0.25) is 0 Å². The minimum Gasteiger partial charge on any atom is -0.497 e. The van der Waals surface area contributed by atoms with Crippen LogP contribution in [0.5, 0.6) is 5.75 Å². The molecule has 0 saturated carbocycles. The second-order valence-electron chi connectivity index (χ2n) is 14.6. The van der Waals surface area contributed by atoms with Gasteiger partial charge in [-0.1, -0.05) is 180 Å². The maximum Gasteiger partial charge on any atom is 0.119 e. The zero-order valence-corrected chi connectivity index (χ0v) is 33.5. The van der Waals surface area contributed by atoms with Crippen LogP contribution in [-0.4, -0.2) is 7.11 Å². The van der Waals surface area contributed by atoms with E-state index in [4.69, 9.17) is 4.74 Å². The number of benzene rings is 7.